The number of methoxy groups -OCH3 is 1. The molecule has 7 heteroatoms. The van der Waals surface area contributed by atoms with Crippen molar-refractivity contribution in [1.82, 2.24) is 0 Å². The third-order valence-corrected chi connectivity index (χ3v) is 3.71. The average Bonchev–Trinajstić information content (AvgIpc) is 2.54. The van der Waals surface area contributed by atoms with Crippen molar-refractivity contribution in [3.05, 3.63) is 52.0 Å². The van der Waals surface area contributed by atoms with Gasteiger partial charge in [0.25, 0.3) is 0 Å². The third kappa shape index (κ3) is 4.89. The largest absolute Gasteiger partial charge is 0.497 e. The molecule has 0 unspecified atom stereocenters. The van der Waals surface area contributed by atoms with E-state index in [1.807, 2.05) is 0 Å². The van der Waals surface area contributed by atoms with Crippen molar-refractivity contribution in [1.29, 1.82) is 0 Å². The number of ether oxygens (including phenoxy) is 3. The molecule has 0 saturated heterocycles. The van der Waals surface area contributed by atoms with Gasteiger partial charge in [-0.25, -0.2) is 0 Å². The predicted octanol–water partition coefficient (Wildman–Crippen LogP) is 4.09. The van der Waals surface area contributed by atoms with Gasteiger partial charge < -0.3 is 19.9 Å². The molecular formula is C16H15Cl2NO3S. The summed E-state index contributed by atoms with van der Waals surface area (Å²) in [6.45, 7) is 0.569. The number of halogens is 2. The second kappa shape index (κ2) is 8.24. The predicted molar refractivity (Wildman–Crippen MR) is 96.3 cm³/mol. The molecule has 0 heterocycles. The van der Waals surface area contributed by atoms with E-state index in [9.17, 15) is 0 Å². The molecule has 2 rings (SSSR count). The Morgan fingerprint density at radius 3 is 2.39 bits per heavy atom. The summed E-state index contributed by atoms with van der Waals surface area (Å²) in [5.74, 6) is 1.69. The second-order valence-electron chi connectivity index (χ2n) is 4.50. The van der Waals surface area contributed by atoms with E-state index in [1.54, 1.807) is 43.5 Å². The van der Waals surface area contributed by atoms with E-state index < -0.39 is 0 Å². The molecule has 0 aliphatic heterocycles. The lowest BCUT2D eigenvalue weighted by Crippen LogP contribution is -2.14. The minimum absolute atomic E-state index is 0.251. The fraction of sp³-hybridized carbons (Fsp3) is 0.188. The molecule has 2 aromatic carbocycles. The van der Waals surface area contributed by atoms with Gasteiger partial charge in [0.15, 0.2) is 0 Å². The van der Waals surface area contributed by atoms with Crippen molar-refractivity contribution < 1.29 is 14.2 Å². The molecule has 0 aromatic heterocycles. The molecule has 0 amide bonds. The first-order valence-electron chi connectivity index (χ1n) is 6.69. The van der Waals surface area contributed by atoms with Crippen molar-refractivity contribution in [2.45, 2.75) is 0 Å². The highest BCUT2D eigenvalue weighted by molar-refractivity contribution is 7.80. The van der Waals surface area contributed by atoms with Crippen LogP contribution in [-0.4, -0.2) is 25.3 Å². The molecule has 2 aromatic rings. The van der Waals surface area contributed by atoms with Crippen molar-refractivity contribution in [2.24, 2.45) is 5.73 Å². The Hall–Kier alpha value is -1.69. The molecular weight excluding hydrogens is 357 g/mol. The Bertz CT molecular complexity index is 710. The van der Waals surface area contributed by atoms with Gasteiger partial charge in [-0.1, -0.05) is 35.4 Å². The van der Waals surface area contributed by atoms with Crippen LogP contribution in [-0.2, 0) is 0 Å². The SMILES string of the molecule is COc1ccc(C(N)=S)c(OCCOc2cc(Cl)ccc2Cl)c1. The molecule has 0 fully saturated rings. The number of nitrogens with two attached hydrogens (primary N) is 1. The first kappa shape index (κ1) is 17.7. The number of thiocarbonyl (C=S) groups is 1. The summed E-state index contributed by atoms with van der Waals surface area (Å²) in [5.41, 5.74) is 6.33. The summed E-state index contributed by atoms with van der Waals surface area (Å²) >= 11 is 16.9. The van der Waals surface area contributed by atoms with Gasteiger partial charge in [0.2, 0.25) is 0 Å². The van der Waals surface area contributed by atoms with E-state index in [2.05, 4.69) is 0 Å². The van der Waals surface area contributed by atoms with Crippen molar-refractivity contribution >= 4 is 40.4 Å². The van der Waals surface area contributed by atoms with Crippen LogP contribution in [0.25, 0.3) is 0 Å². The van der Waals surface area contributed by atoms with Crippen LogP contribution in [0.15, 0.2) is 36.4 Å². The van der Waals surface area contributed by atoms with Gasteiger partial charge in [-0.15, -0.1) is 0 Å². The van der Waals surface area contributed by atoms with Crippen LogP contribution >= 0.6 is 35.4 Å². The molecule has 0 aliphatic carbocycles. The molecule has 122 valence electrons. The van der Waals surface area contributed by atoms with Crippen LogP contribution in [0, 0.1) is 0 Å². The normalized spacial score (nSPS) is 10.2. The molecule has 0 bridgehead atoms. The van der Waals surface area contributed by atoms with Crippen molar-refractivity contribution in [3.8, 4) is 17.2 Å². The first-order valence-corrected chi connectivity index (χ1v) is 7.86. The molecule has 0 saturated carbocycles. The smallest absolute Gasteiger partial charge is 0.139 e. The van der Waals surface area contributed by atoms with Gasteiger partial charge in [-0.3, -0.25) is 0 Å². The highest BCUT2D eigenvalue weighted by Crippen LogP contribution is 2.28. The molecule has 0 aliphatic rings. The lowest BCUT2D eigenvalue weighted by Gasteiger charge is -2.13. The summed E-state index contributed by atoms with van der Waals surface area (Å²) in [4.78, 5) is 0.251. The summed E-state index contributed by atoms with van der Waals surface area (Å²) in [6, 6.07) is 10.3. The summed E-state index contributed by atoms with van der Waals surface area (Å²) in [6.07, 6.45) is 0. The molecule has 0 spiro atoms. The van der Waals surface area contributed by atoms with Gasteiger partial charge in [0, 0.05) is 17.2 Å². The Kier molecular flexibility index (Phi) is 6.33. The molecule has 4 nitrogen and oxygen atoms in total. The topological polar surface area (TPSA) is 53.7 Å². The van der Waals surface area contributed by atoms with Crippen LogP contribution in [0.5, 0.6) is 17.2 Å². The van der Waals surface area contributed by atoms with Gasteiger partial charge >= 0.3 is 0 Å². The van der Waals surface area contributed by atoms with E-state index in [4.69, 9.17) is 55.4 Å². The average molecular weight is 372 g/mol. The monoisotopic (exact) mass is 371 g/mol. The maximum atomic E-state index is 6.02. The number of benzene rings is 2. The fourth-order valence-corrected chi connectivity index (χ4v) is 2.35. The van der Waals surface area contributed by atoms with Crippen LogP contribution < -0.4 is 19.9 Å². The Morgan fingerprint density at radius 2 is 1.74 bits per heavy atom. The first-order chi connectivity index (χ1) is 11.0. The number of hydrogen-bond acceptors (Lipinski definition) is 4. The Balaban J connectivity index is 1.98. The van der Waals surface area contributed by atoms with E-state index in [0.717, 1.165) is 0 Å². The lowest BCUT2D eigenvalue weighted by atomic mass is 10.2. The fourth-order valence-electron chi connectivity index (χ4n) is 1.84. The van der Waals surface area contributed by atoms with E-state index in [0.29, 0.717) is 32.9 Å². The van der Waals surface area contributed by atoms with E-state index in [-0.39, 0.29) is 18.2 Å². The lowest BCUT2D eigenvalue weighted by molar-refractivity contribution is 0.216. The van der Waals surface area contributed by atoms with Gasteiger partial charge in [-0.2, -0.15) is 0 Å². The highest BCUT2D eigenvalue weighted by atomic mass is 35.5. The summed E-state index contributed by atoms with van der Waals surface area (Å²) in [7, 11) is 1.57. The summed E-state index contributed by atoms with van der Waals surface area (Å²) < 4.78 is 16.4. The van der Waals surface area contributed by atoms with Gasteiger partial charge in [0.1, 0.15) is 35.5 Å². The van der Waals surface area contributed by atoms with Crippen LogP contribution in [0.1, 0.15) is 5.56 Å². The highest BCUT2D eigenvalue weighted by Gasteiger charge is 2.09. The van der Waals surface area contributed by atoms with Gasteiger partial charge in [-0.05, 0) is 24.3 Å². The number of hydrogen-bond donors (Lipinski definition) is 1. The van der Waals surface area contributed by atoms with E-state index in [1.165, 1.54) is 0 Å². The zero-order valence-electron chi connectivity index (χ0n) is 12.3. The van der Waals surface area contributed by atoms with Crippen LogP contribution in [0.4, 0.5) is 0 Å². The second-order valence-corrected chi connectivity index (χ2v) is 5.78. The molecule has 23 heavy (non-hydrogen) atoms. The standard InChI is InChI=1S/C16H15Cl2NO3S/c1-20-11-3-4-12(16(19)23)14(9-11)21-6-7-22-15-8-10(17)2-5-13(15)18/h2-5,8-9H,6-7H2,1H3,(H2,19,23). The zero-order chi connectivity index (χ0) is 16.8. The minimum Gasteiger partial charge on any atom is -0.497 e. The Labute approximate surface area is 150 Å². The molecule has 0 radical (unpaired) electrons. The molecule has 2 N–H and O–H groups in total. The number of rotatable bonds is 7. The summed E-state index contributed by atoms with van der Waals surface area (Å²) in [5, 5.41) is 1.04. The third-order valence-electron chi connectivity index (χ3n) is 2.95. The van der Waals surface area contributed by atoms with Crippen molar-refractivity contribution in [2.75, 3.05) is 20.3 Å². The van der Waals surface area contributed by atoms with Crippen LogP contribution in [0.2, 0.25) is 10.0 Å². The van der Waals surface area contributed by atoms with Crippen molar-refractivity contribution in [3.63, 3.8) is 0 Å². The Morgan fingerprint density at radius 1 is 1.04 bits per heavy atom. The van der Waals surface area contributed by atoms with Crippen LogP contribution in [0.3, 0.4) is 0 Å². The van der Waals surface area contributed by atoms with E-state index >= 15 is 0 Å². The maximum Gasteiger partial charge on any atom is 0.139 e. The quantitative estimate of drug-likeness (QED) is 0.586. The zero-order valence-corrected chi connectivity index (χ0v) is 14.7. The minimum atomic E-state index is 0.251. The molecule has 0 atom stereocenters. The maximum absolute atomic E-state index is 6.02. The van der Waals surface area contributed by atoms with Gasteiger partial charge in [0.05, 0.1) is 17.7 Å².